The number of piperidine rings is 1. The first-order valence-corrected chi connectivity index (χ1v) is 14.8. The topological polar surface area (TPSA) is 49.9 Å². The largest absolute Gasteiger partial charge is 0.493 e. The van der Waals surface area contributed by atoms with Gasteiger partial charge in [-0.15, -0.1) is 0 Å². The fraction of sp³-hybridized carbons (Fsp3) is 0.531. The zero-order valence-electron chi connectivity index (χ0n) is 23.2. The predicted molar refractivity (Wildman–Crippen MR) is 156 cm³/mol. The van der Waals surface area contributed by atoms with Crippen LogP contribution in [0, 0.1) is 5.82 Å². The molecule has 2 aliphatic heterocycles. The Balaban J connectivity index is 1.21. The van der Waals surface area contributed by atoms with Gasteiger partial charge in [0.2, 0.25) is 0 Å². The van der Waals surface area contributed by atoms with Crippen LogP contribution >= 0.6 is 0 Å². The van der Waals surface area contributed by atoms with E-state index in [9.17, 15) is 4.39 Å². The minimum Gasteiger partial charge on any atom is -0.493 e. The Labute approximate surface area is 231 Å². The van der Waals surface area contributed by atoms with E-state index in [4.69, 9.17) is 14.5 Å². The van der Waals surface area contributed by atoms with E-state index >= 15 is 0 Å². The SMILES string of the molecule is COc1cc2c(NC3CCN(c4cccc(F)c4)CC3)c3c(nc2cc1OCCCN1CCCC1)CCCC3. The second kappa shape index (κ2) is 12.0. The highest BCUT2D eigenvalue weighted by Gasteiger charge is 2.25. The summed E-state index contributed by atoms with van der Waals surface area (Å²) in [7, 11) is 1.72. The van der Waals surface area contributed by atoms with Crippen molar-refractivity contribution in [3.05, 3.63) is 53.5 Å². The summed E-state index contributed by atoms with van der Waals surface area (Å²) in [6.07, 6.45) is 10.1. The molecule has 0 saturated carbocycles. The monoisotopic (exact) mass is 532 g/mol. The zero-order chi connectivity index (χ0) is 26.6. The Morgan fingerprint density at radius 1 is 0.974 bits per heavy atom. The number of nitrogens with one attached hydrogen (secondary N) is 1. The molecule has 6 rings (SSSR count). The van der Waals surface area contributed by atoms with Crippen molar-refractivity contribution in [2.75, 3.05) is 56.7 Å². The van der Waals surface area contributed by atoms with Gasteiger partial charge in [0.25, 0.3) is 0 Å². The summed E-state index contributed by atoms with van der Waals surface area (Å²) in [4.78, 5) is 9.94. The maximum Gasteiger partial charge on any atom is 0.163 e. The first kappa shape index (κ1) is 26.2. The van der Waals surface area contributed by atoms with Gasteiger partial charge in [-0.1, -0.05) is 6.07 Å². The Kier molecular flexibility index (Phi) is 8.05. The molecule has 1 aliphatic carbocycles. The summed E-state index contributed by atoms with van der Waals surface area (Å²) in [6.45, 7) is 6.02. The third kappa shape index (κ3) is 5.93. The molecule has 208 valence electrons. The molecule has 1 N–H and O–H groups in total. The van der Waals surface area contributed by atoms with E-state index in [0.29, 0.717) is 12.6 Å². The Bertz CT molecular complexity index is 1280. The van der Waals surface area contributed by atoms with Gasteiger partial charge in [0, 0.05) is 54.2 Å². The number of aromatic nitrogens is 1. The Hall–Kier alpha value is -3.06. The van der Waals surface area contributed by atoms with Gasteiger partial charge in [0.15, 0.2) is 11.5 Å². The number of hydrogen-bond acceptors (Lipinski definition) is 6. The maximum absolute atomic E-state index is 13.8. The van der Waals surface area contributed by atoms with E-state index in [1.54, 1.807) is 19.2 Å². The predicted octanol–water partition coefficient (Wildman–Crippen LogP) is 6.21. The summed E-state index contributed by atoms with van der Waals surface area (Å²) < 4.78 is 25.8. The highest BCUT2D eigenvalue weighted by molar-refractivity contribution is 5.96. The molecule has 0 bridgehead atoms. The fourth-order valence-corrected chi connectivity index (χ4v) is 6.50. The van der Waals surface area contributed by atoms with Gasteiger partial charge in [-0.25, -0.2) is 4.39 Å². The molecule has 2 fully saturated rings. The molecule has 2 aromatic carbocycles. The van der Waals surface area contributed by atoms with Crippen molar-refractivity contribution in [1.82, 2.24) is 9.88 Å². The van der Waals surface area contributed by atoms with Crippen LogP contribution < -0.4 is 19.7 Å². The number of benzene rings is 2. The number of halogens is 1. The van der Waals surface area contributed by atoms with Crippen molar-refractivity contribution in [2.45, 2.75) is 63.8 Å². The van der Waals surface area contributed by atoms with Crippen molar-refractivity contribution < 1.29 is 13.9 Å². The van der Waals surface area contributed by atoms with Crippen molar-refractivity contribution in [2.24, 2.45) is 0 Å². The average molecular weight is 533 g/mol. The highest BCUT2D eigenvalue weighted by Crippen LogP contribution is 2.40. The second-order valence-electron chi connectivity index (χ2n) is 11.3. The third-order valence-corrected chi connectivity index (χ3v) is 8.64. The van der Waals surface area contributed by atoms with Gasteiger partial charge in [0.05, 0.1) is 19.2 Å². The summed E-state index contributed by atoms with van der Waals surface area (Å²) in [5.41, 5.74) is 5.75. The molecule has 7 heteroatoms. The minimum absolute atomic E-state index is 0.175. The number of rotatable bonds is 9. The summed E-state index contributed by atoms with van der Waals surface area (Å²) >= 11 is 0. The highest BCUT2D eigenvalue weighted by atomic mass is 19.1. The molecule has 3 aliphatic rings. The third-order valence-electron chi connectivity index (χ3n) is 8.64. The van der Waals surface area contributed by atoms with Crippen LogP contribution in [0.15, 0.2) is 36.4 Å². The van der Waals surface area contributed by atoms with Crippen LogP contribution in [-0.2, 0) is 12.8 Å². The van der Waals surface area contributed by atoms with E-state index in [1.165, 1.54) is 61.8 Å². The second-order valence-corrected chi connectivity index (χ2v) is 11.3. The van der Waals surface area contributed by atoms with Crippen LogP contribution in [0.25, 0.3) is 10.9 Å². The van der Waals surface area contributed by atoms with Crippen LogP contribution in [0.4, 0.5) is 15.8 Å². The first-order chi connectivity index (χ1) is 19.2. The number of anilines is 2. The number of ether oxygens (including phenoxy) is 2. The number of fused-ring (bicyclic) bond motifs is 2. The van der Waals surface area contributed by atoms with Gasteiger partial charge in [-0.3, -0.25) is 4.98 Å². The molecule has 2 saturated heterocycles. The van der Waals surface area contributed by atoms with Gasteiger partial charge in [-0.2, -0.15) is 0 Å². The standard InChI is InChI=1S/C32H41FN4O2/c1-38-30-21-27-29(22-31(30)39-19-7-16-36-14-4-5-15-36)35-28-11-3-2-10-26(28)32(27)34-24-12-17-37(18-13-24)25-9-6-8-23(33)20-25/h6,8-9,20-22,24H,2-5,7,10-19H2,1H3,(H,34,35). The molecule has 1 aromatic heterocycles. The van der Waals surface area contributed by atoms with Crippen LogP contribution in [-0.4, -0.2) is 62.4 Å². The molecule has 3 aromatic rings. The molecule has 3 heterocycles. The summed E-state index contributed by atoms with van der Waals surface area (Å²) in [5, 5.41) is 5.06. The number of pyridine rings is 1. The van der Waals surface area contributed by atoms with Gasteiger partial charge in [0.1, 0.15) is 5.82 Å². The van der Waals surface area contributed by atoms with Gasteiger partial charge >= 0.3 is 0 Å². The lowest BCUT2D eigenvalue weighted by Crippen LogP contribution is -2.39. The Morgan fingerprint density at radius 2 is 1.79 bits per heavy atom. The molecule has 0 amide bonds. The number of likely N-dealkylation sites (tertiary alicyclic amines) is 1. The fourth-order valence-electron chi connectivity index (χ4n) is 6.50. The van der Waals surface area contributed by atoms with Crippen molar-refractivity contribution in [3.63, 3.8) is 0 Å². The van der Waals surface area contributed by atoms with Crippen LogP contribution in [0.5, 0.6) is 11.5 Å². The minimum atomic E-state index is -0.175. The number of hydrogen-bond donors (Lipinski definition) is 1. The first-order valence-electron chi connectivity index (χ1n) is 14.8. The van der Waals surface area contributed by atoms with E-state index in [0.717, 1.165) is 79.8 Å². The number of nitrogens with zero attached hydrogens (tertiary/aromatic N) is 3. The lowest BCUT2D eigenvalue weighted by atomic mass is 9.91. The number of aryl methyl sites for hydroxylation is 1. The molecular weight excluding hydrogens is 491 g/mol. The Morgan fingerprint density at radius 3 is 2.59 bits per heavy atom. The van der Waals surface area contributed by atoms with Crippen LogP contribution in [0.3, 0.4) is 0 Å². The summed E-state index contributed by atoms with van der Waals surface area (Å²) in [6, 6.07) is 11.5. The smallest absolute Gasteiger partial charge is 0.163 e. The van der Waals surface area contributed by atoms with Crippen molar-refractivity contribution in [3.8, 4) is 11.5 Å². The van der Waals surface area contributed by atoms with E-state index in [1.807, 2.05) is 6.07 Å². The molecule has 0 unspecified atom stereocenters. The molecule has 0 spiro atoms. The maximum atomic E-state index is 13.8. The lowest BCUT2D eigenvalue weighted by molar-refractivity contribution is 0.254. The van der Waals surface area contributed by atoms with Crippen LogP contribution in [0.1, 0.15) is 56.2 Å². The van der Waals surface area contributed by atoms with E-state index in [2.05, 4.69) is 27.2 Å². The van der Waals surface area contributed by atoms with Crippen LogP contribution in [0.2, 0.25) is 0 Å². The van der Waals surface area contributed by atoms with E-state index in [-0.39, 0.29) is 5.82 Å². The number of methoxy groups -OCH3 is 1. The lowest BCUT2D eigenvalue weighted by Gasteiger charge is -2.35. The normalized spacial score (nSPS) is 18.4. The van der Waals surface area contributed by atoms with Gasteiger partial charge in [-0.05, 0) is 101 Å². The summed E-state index contributed by atoms with van der Waals surface area (Å²) in [5.74, 6) is 1.38. The average Bonchev–Trinajstić information content (AvgIpc) is 3.49. The van der Waals surface area contributed by atoms with Crippen molar-refractivity contribution in [1.29, 1.82) is 0 Å². The van der Waals surface area contributed by atoms with Crippen molar-refractivity contribution >= 4 is 22.3 Å². The molecule has 39 heavy (non-hydrogen) atoms. The molecule has 0 radical (unpaired) electrons. The quantitative estimate of drug-likeness (QED) is 0.331. The molecule has 0 atom stereocenters. The molecule has 6 nitrogen and oxygen atoms in total. The molecular formula is C32H41FN4O2. The zero-order valence-corrected chi connectivity index (χ0v) is 23.2. The van der Waals surface area contributed by atoms with E-state index < -0.39 is 0 Å². The van der Waals surface area contributed by atoms with Gasteiger partial charge < -0.3 is 24.6 Å².